The standard InChI is InChI=1S/C25H30N8O3/c1-3-32-22-20(26-25(32)31-10-9-18(34)15-31)21(30-11-13-36-14-12-30)27-24(28-22)33-16-19(23(29-33)35-2)17-7-5-4-6-8-17/h4-8,16,18,34H,3,9-15H2,1-2H3/t18-/m0/s1. The summed E-state index contributed by atoms with van der Waals surface area (Å²) >= 11 is 0. The van der Waals surface area contributed by atoms with Gasteiger partial charge in [-0.1, -0.05) is 30.3 Å². The van der Waals surface area contributed by atoms with Crippen molar-refractivity contribution in [3.05, 3.63) is 36.5 Å². The number of ether oxygens (including phenoxy) is 2. The van der Waals surface area contributed by atoms with Crippen LogP contribution in [-0.2, 0) is 11.3 Å². The van der Waals surface area contributed by atoms with Crippen LogP contribution in [0.2, 0.25) is 0 Å². The topological polar surface area (TPSA) is 107 Å². The highest BCUT2D eigenvalue weighted by atomic mass is 16.5. The lowest BCUT2D eigenvalue weighted by molar-refractivity contribution is 0.122. The number of morpholine rings is 1. The van der Waals surface area contributed by atoms with Crippen LogP contribution in [0.1, 0.15) is 13.3 Å². The Kier molecular flexibility index (Phi) is 5.94. The predicted molar refractivity (Wildman–Crippen MR) is 136 cm³/mol. The number of aryl methyl sites for hydroxylation is 1. The van der Waals surface area contributed by atoms with E-state index in [9.17, 15) is 5.11 Å². The largest absolute Gasteiger partial charge is 0.479 e. The number of aromatic nitrogens is 6. The Morgan fingerprint density at radius 3 is 2.56 bits per heavy atom. The first-order valence-corrected chi connectivity index (χ1v) is 12.4. The van der Waals surface area contributed by atoms with Crippen LogP contribution in [0.4, 0.5) is 11.8 Å². The molecule has 6 rings (SSSR count). The summed E-state index contributed by atoms with van der Waals surface area (Å²) in [6.07, 6.45) is 2.29. The smallest absolute Gasteiger partial charge is 0.254 e. The number of nitrogens with zero attached hydrogens (tertiary/aromatic N) is 8. The summed E-state index contributed by atoms with van der Waals surface area (Å²) in [4.78, 5) is 19.3. The maximum Gasteiger partial charge on any atom is 0.254 e. The van der Waals surface area contributed by atoms with Crippen molar-refractivity contribution in [2.75, 3.05) is 56.3 Å². The van der Waals surface area contributed by atoms with Crippen molar-refractivity contribution in [3.8, 4) is 23.0 Å². The van der Waals surface area contributed by atoms with Gasteiger partial charge >= 0.3 is 0 Å². The van der Waals surface area contributed by atoms with Crippen LogP contribution in [-0.4, -0.2) is 87.0 Å². The monoisotopic (exact) mass is 490 g/mol. The molecule has 0 saturated carbocycles. The van der Waals surface area contributed by atoms with Gasteiger partial charge in [0.15, 0.2) is 17.0 Å². The van der Waals surface area contributed by atoms with Crippen molar-refractivity contribution in [2.24, 2.45) is 0 Å². The van der Waals surface area contributed by atoms with Gasteiger partial charge in [0.1, 0.15) is 0 Å². The third-order valence-electron chi connectivity index (χ3n) is 6.78. The number of aliphatic hydroxyl groups excluding tert-OH is 1. The maximum atomic E-state index is 10.1. The molecule has 36 heavy (non-hydrogen) atoms. The molecule has 11 heteroatoms. The molecule has 2 aliphatic heterocycles. The minimum atomic E-state index is -0.344. The zero-order chi connectivity index (χ0) is 24.6. The summed E-state index contributed by atoms with van der Waals surface area (Å²) in [5.41, 5.74) is 3.37. The average molecular weight is 491 g/mol. The molecule has 11 nitrogen and oxygen atoms in total. The Balaban J connectivity index is 1.52. The van der Waals surface area contributed by atoms with Crippen molar-refractivity contribution >= 4 is 22.9 Å². The van der Waals surface area contributed by atoms with E-state index in [1.807, 2.05) is 36.5 Å². The molecule has 3 aromatic heterocycles. The van der Waals surface area contributed by atoms with Gasteiger partial charge in [-0.25, -0.2) is 9.67 Å². The van der Waals surface area contributed by atoms with E-state index in [1.54, 1.807) is 11.8 Å². The summed E-state index contributed by atoms with van der Waals surface area (Å²) in [5.74, 6) is 2.54. The first-order chi connectivity index (χ1) is 17.7. The number of methoxy groups -OCH3 is 1. The zero-order valence-electron chi connectivity index (χ0n) is 20.5. The maximum absolute atomic E-state index is 10.1. The normalized spacial score (nSPS) is 18.4. The number of imidazole rings is 1. The number of β-amino-alcohol motifs (C(OH)–C–C–N with tert-alkyl or cyclic N) is 1. The van der Waals surface area contributed by atoms with Crippen LogP contribution in [0.3, 0.4) is 0 Å². The van der Waals surface area contributed by atoms with Gasteiger partial charge < -0.3 is 24.4 Å². The highest BCUT2D eigenvalue weighted by Crippen LogP contribution is 2.33. The molecule has 0 bridgehead atoms. The lowest BCUT2D eigenvalue weighted by Gasteiger charge is -2.28. The van der Waals surface area contributed by atoms with Gasteiger partial charge in [0, 0.05) is 38.9 Å². The van der Waals surface area contributed by atoms with Crippen LogP contribution in [0, 0.1) is 0 Å². The molecule has 1 aromatic carbocycles. The summed E-state index contributed by atoms with van der Waals surface area (Å²) < 4.78 is 15.0. The first-order valence-electron chi connectivity index (χ1n) is 12.4. The number of aliphatic hydroxyl groups is 1. The summed E-state index contributed by atoms with van der Waals surface area (Å²) in [6.45, 7) is 6.80. The molecule has 0 spiro atoms. The van der Waals surface area contributed by atoms with E-state index in [1.165, 1.54) is 0 Å². The van der Waals surface area contributed by atoms with E-state index in [0.29, 0.717) is 38.1 Å². The van der Waals surface area contributed by atoms with E-state index in [2.05, 4.69) is 26.4 Å². The van der Waals surface area contributed by atoms with Crippen LogP contribution >= 0.6 is 0 Å². The van der Waals surface area contributed by atoms with E-state index < -0.39 is 0 Å². The van der Waals surface area contributed by atoms with Crippen LogP contribution in [0.5, 0.6) is 5.88 Å². The molecular weight excluding hydrogens is 460 g/mol. The van der Waals surface area contributed by atoms with E-state index in [4.69, 9.17) is 24.4 Å². The molecule has 0 radical (unpaired) electrons. The fraction of sp³-hybridized carbons (Fsp3) is 0.440. The highest BCUT2D eigenvalue weighted by Gasteiger charge is 2.29. The van der Waals surface area contributed by atoms with Crippen LogP contribution in [0.15, 0.2) is 36.5 Å². The Morgan fingerprint density at radius 1 is 1.06 bits per heavy atom. The number of fused-ring (bicyclic) bond motifs is 1. The molecule has 0 unspecified atom stereocenters. The van der Waals surface area contributed by atoms with Crippen LogP contribution in [0.25, 0.3) is 28.2 Å². The third-order valence-corrected chi connectivity index (χ3v) is 6.78. The molecular formula is C25H30N8O3. The van der Waals surface area contributed by atoms with Crippen molar-refractivity contribution in [3.63, 3.8) is 0 Å². The SMILES string of the molecule is CCn1c(N2CC[C@H](O)C2)nc2c(N3CCOCC3)nc(-n3cc(-c4ccccc4)c(OC)n3)nc21. The molecule has 5 heterocycles. The highest BCUT2D eigenvalue weighted by molar-refractivity contribution is 5.87. The Morgan fingerprint density at radius 2 is 1.86 bits per heavy atom. The fourth-order valence-electron chi connectivity index (χ4n) is 4.94. The molecule has 188 valence electrons. The Bertz CT molecular complexity index is 1360. The predicted octanol–water partition coefficient (Wildman–Crippen LogP) is 2.12. The number of hydrogen-bond acceptors (Lipinski definition) is 9. The van der Waals surface area contributed by atoms with E-state index >= 15 is 0 Å². The Hall–Kier alpha value is -3.70. The minimum Gasteiger partial charge on any atom is -0.479 e. The quantitative estimate of drug-likeness (QED) is 0.435. The lowest BCUT2D eigenvalue weighted by atomic mass is 10.1. The van der Waals surface area contributed by atoms with E-state index in [-0.39, 0.29) is 6.10 Å². The second-order valence-electron chi connectivity index (χ2n) is 9.03. The van der Waals surface area contributed by atoms with Gasteiger partial charge in [-0.05, 0) is 18.9 Å². The van der Waals surface area contributed by atoms with Gasteiger partial charge in [0.2, 0.25) is 11.8 Å². The zero-order valence-corrected chi connectivity index (χ0v) is 20.5. The first kappa shape index (κ1) is 22.7. The summed E-state index contributed by atoms with van der Waals surface area (Å²) in [7, 11) is 1.62. The van der Waals surface area contributed by atoms with Crippen molar-refractivity contribution in [1.82, 2.24) is 29.3 Å². The van der Waals surface area contributed by atoms with Gasteiger partial charge in [-0.2, -0.15) is 9.97 Å². The van der Waals surface area contributed by atoms with Gasteiger partial charge in [0.05, 0.1) is 32.0 Å². The Labute approximate surface area is 208 Å². The van der Waals surface area contributed by atoms with Crippen molar-refractivity contribution < 1.29 is 14.6 Å². The summed E-state index contributed by atoms with van der Waals surface area (Å²) in [5, 5.41) is 14.8. The second-order valence-corrected chi connectivity index (χ2v) is 9.03. The molecule has 1 N–H and O–H groups in total. The number of rotatable bonds is 6. The summed E-state index contributed by atoms with van der Waals surface area (Å²) in [6, 6.07) is 10.0. The molecule has 1 atom stereocenters. The third kappa shape index (κ3) is 3.94. The van der Waals surface area contributed by atoms with Crippen molar-refractivity contribution in [1.29, 1.82) is 0 Å². The average Bonchev–Trinajstić information content (AvgIpc) is 3.65. The molecule has 0 aliphatic carbocycles. The number of anilines is 2. The van der Waals surface area contributed by atoms with Gasteiger partial charge in [-0.3, -0.25) is 4.57 Å². The molecule has 2 saturated heterocycles. The fourth-order valence-corrected chi connectivity index (χ4v) is 4.94. The van der Waals surface area contributed by atoms with Gasteiger partial charge in [0.25, 0.3) is 5.95 Å². The molecule has 2 aliphatic rings. The van der Waals surface area contributed by atoms with E-state index in [0.717, 1.165) is 60.1 Å². The van der Waals surface area contributed by atoms with Crippen LogP contribution < -0.4 is 14.5 Å². The molecule has 2 fully saturated rings. The van der Waals surface area contributed by atoms with Gasteiger partial charge in [-0.15, -0.1) is 5.10 Å². The molecule has 0 amide bonds. The van der Waals surface area contributed by atoms with Crippen molar-refractivity contribution in [2.45, 2.75) is 26.0 Å². The molecule has 4 aromatic rings. The second kappa shape index (κ2) is 9.40. The number of benzene rings is 1. The lowest BCUT2D eigenvalue weighted by Crippen LogP contribution is -2.37. The number of hydrogen-bond donors (Lipinski definition) is 1. The minimum absolute atomic E-state index is 0.344.